The van der Waals surface area contributed by atoms with Crippen LogP contribution in [-0.2, 0) is 0 Å². The average Bonchev–Trinajstić information content (AvgIpc) is 2.48. The van der Waals surface area contributed by atoms with Crippen molar-refractivity contribution in [3.63, 3.8) is 0 Å². The first-order valence-corrected chi connectivity index (χ1v) is 4.32. The lowest BCUT2D eigenvalue weighted by Crippen LogP contribution is -1.94. The van der Waals surface area contributed by atoms with Crippen molar-refractivity contribution < 1.29 is 9.90 Å². The largest absolute Gasteiger partial charge is 0.477 e. The molecule has 1 aromatic rings. The van der Waals surface area contributed by atoms with Crippen LogP contribution in [0.15, 0.2) is 12.3 Å². The van der Waals surface area contributed by atoms with Crippen LogP contribution in [0.2, 0.25) is 0 Å². The maximum atomic E-state index is 10.4. The summed E-state index contributed by atoms with van der Waals surface area (Å²) < 4.78 is 0. The van der Waals surface area contributed by atoms with Gasteiger partial charge in [0.1, 0.15) is 5.69 Å². The molecule has 12 heavy (non-hydrogen) atoms. The molecule has 0 aliphatic carbocycles. The average molecular weight is 228 g/mol. The van der Waals surface area contributed by atoms with Gasteiger partial charge in [-0.2, -0.15) is 0 Å². The van der Waals surface area contributed by atoms with Crippen molar-refractivity contribution in [2.75, 3.05) is 5.33 Å². The van der Waals surface area contributed by atoms with Gasteiger partial charge < -0.3 is 10.1 Å². The van der Waals surface area contributed by atoms with Crippen LogP contribution < -0.4 is 0 Å². The van der Waals surface area contributed by atoms with Gasteiger partial charge in [-0.05, 0) is 6.07 Å². The predicted octanol–water partition coefficient (Wildman–Crippen LogP) is 1.46. The van der Waals surface area contributed by atoms with E-state index in [-0.39, 0.29) is 5.69 Å². The third-order valence-corrected chi connectivity index (χ3v) is 1.49. The lowest BCUT2D eigenvalue weighted by atomic mass is 10.3. The molecule has 0 atom stereocenters. The monoisotopic (exact) mass is 227 g/mol. The van der Waals surface area contributed by atoms with Gasteiger partial charge in [-0.25, -0.2) is 4.79 Å². The Hall–Kier alpha value is -1.21. The molecule has 0 aliphatic rings. The van der Waals surface area contributed by atoms with E-state index in [1.54, 1.807) is 6.20 Å². The van der Waals surface area contributed by atoms with Gasteiger partial charge in [0, 0.05) is 11.8 Å². The Morgan fingerprint density at radius 3 is 3.00 bits per heavy atom. The van der Waals surface area contributed by atoms with E-state index in [2.05, 4.69) is 32.8 Å². The lowest BCUT2D eigenvalue weighted by molar-refractivity contribution is 0.0691. The van der Waals surface area contributed by atoms with E-state index in [0.717, 1.165) is 0 Å². The standard InChI is InChI=1S/C8H6BrNO2/c9-3-1-2-6-4-7(8(11)12)10-5-6/h4-5,10H,3H2,(H,11,12). The number of aromatic nitrogens is 1. The molecule has 1 rings (SSSR count). The van der Waals surface area contributed by atoms with Crippen LogP contribution in [-0.4, -0.2) is 21.4 Å². The summed E-state index contributed by atoms with van der Waals surface area (Å²) in [7, 11) is 0. The van der Waals surface area contributed by atoms with Crippen LogP contribution in [0.3, 0.4) is 0 Å². The van der Waals surface area contributed by atoms with Crippen LogP contribution in [0.25, 0.3) is 0 Å². The maximum absolute atomic E-state index is 10.4. The molecule has 3 nitrogen and oxygen atoms in total. The minimum Gasteiger partial charge on any atom is -0.477 e. The number of alkyl halides is 1. The fraction of sp³-hybridized carbons (Fsp3) is 0.125. The van der Waals surface area contributed by atoms with Crippen LogP contribution in [0, 0.1) is 11.8 Å². The Balaban J connectivity index is 2.84. The van der Waals surface area contributed by atoms with E-state index in [1.165, 1.54) is 6.07 Å². The maximum Gasteiger partial charge on any atom is 0.352 e. The molecular weight excluding hydrogens is 222 g/mol. The molecule has 0 amide bonds. The predicted molar refractivity (Wildman–Crippen MR) is 48.4 cm³/mol. The van der Waals surface area contributed by atoms with Crippen molar-refractivity contribution >= 4 is 21.9 Å². The Kier molecular flexibility index (Phi) is 2.94. The van der Waals surface area contributed by atoms with Crippen molar-refractivity contribution in [2.45, 2.75) is 0 Å². The van der Waals surface area contributed by atoms with Gasteiger partial charge in [0.25, 0.3) is 0 Å². The number of H-pyrrole nitrogens is 1. The number of carboxylic acid groups (broad SMARTS) is 1. The first-order valence-electron chi connectivity index (χ1n) is 3.20. The van der Waals surface area contributed by atoms with Gasteiger partial charge in [-0.15, -0.1) is 0 Å². The van der Waals surface area contributed by atoms with Gasteiger partial charge in [0.15, 0.2) is 0 Å². The second-order valence-corrected chi connectivity index (χ2v) is 2.60. The number of aromatic amines is 1. The van der Waals surface area contributed by atoms with Crippen molar-refractivity contribution in [1.29, 1.82) is 0 Å². The van der Waals surface area contributed by atoms with Crippen molar-refractivity contribution in [3.8, 4) is 11.8 Å². The first kappa shape index (κ1) is 8.88. The van der Waals surface area contributed by atoms with Gasteiger partial charge in [-0.1, -0.05) is 27.8 Å². The molecule has 0 aromatic carbocycles. The summed E-state index contributed by atoms with van der Waals surface area (Å²) in [4.78, 5) is 13.0. The molecule has 1 heterocycles. The van der Waals surface area contributed by atoms with Crippen molar-refractivity contribution in [1.82, 2.24) is 4.98 Å². The summed E-state index contributed by atoms with van der Waals surface area (Å²) in [6, 6.07) is 1.50. The lowest BCUT2D eigenvalue weighted by Gasteiger charge is -1.81. The highest BCUT2D eigenvalue weighted by atomic mass is 79.9. The van der Waals surface area contributed by atoms with E-state index < -0.39 is 5.97 Å². The van der Waals surface area contributed by atoms with Crippen LogP contribution >= 0.6 is 15.9 Å². The SMILES string of the molecule is O=C(O)c1cc(C#CCBr)c[nH]1. The molecular formula is C8H6BrNO2. The molecule has 0 bridgehead atoms. The number of carbonyl (C=O) groups is 1. The highest BCUT2D eigenvalue weighted by molar-refractivity contribution is 9.09. The second kappa shape index (κ2) is 3.98. The summed E-state index contributed by atoms with van der Waals surface area (Å²) in [5.41, 5.74) is 0.848. The van der Waals surface area contributed by atoms with Crippen molar-refractivity contribution in [2.24, 2.45) is 0 Å². The molecule has 4 heteroatoms. The normalized spacial score (nSPS) is 8.75. The molecule has 0 aliphatic heterocycles. The van der Waals surface area contributed by atoms with Gasteiger partial charge in [0.2, 0.25) is 0 Å². The third-order valence-electron chi connectivity index (χ3n) is 1.21. The van der Waals surface area contributed by atoms with Crippen LogP contribution in [0.1, 0.15) is 16.1 Å². The molecule has 0 radical (unpaired) electrons. The number of carboxylic acids is 1. The number of hydrogen-bond acceptors (Lipinski definition) is 1. The number of halogens is 1. The molecule has 0 spiro atoms. The second-order valence-electron chi connectivity index (χ2n) is 2.04. The summed E-state index contributed by atoms with van der Waals surface area (Å²) in [5, 5.41) is 9.12. The third kappa shape index (κ3) is 2.14. The molecule has 62 valence electrons. The summed E-state index contributed by atoms with van der Waals surface area (Å²) in [5.74, 6) is 4.58. The fourth-order valence-electron chi connectivity index (χ4n) is 0.725. The zero-order chi connectivity index (χ0) is 8.97. The number of rotatable bonds is 1. The van der Waals surface area contributed by atoms with E-state index in [9.17, 15) is 4.79 Å². The number of aromatic carboxylic acids is 1. The zero-order valence-corrected chi connectivity index (χ0v) is 7.68. The smallest absolute Gasteiger partial charge is 0.352 e. The van der Waals surface area contributed by atoms with Crippen LogP contribution in [0.4, 0.5) is 0 Å². The summed E-state index contributed by atoms with van der Waals surface area (Å²) in [6.45, 7) is 0. The Labute approximate surface area is 77.9 Å². The topological polar surface area (TPSA) is 53.1 Å². The van der Waals surface area contributed by atoms with Crippen LogP contribution in [0.5, 0.6) is 0 Å². The Morgan fingerprint density at radius 2 is 2.50 bits per heavy atom. The van der Waals surface area contributed by atoms with Gasteiger partial charge in [-0.3, -0.25) is 0 Å². The molecule has 0 saturated carbocycles. The van der Waals surface area contributed by atoms with E-state index in [1.807, 2.05) is 0 Å². The quantitative estimate of drug-likeness (QED) is 0.564. The van der Waals surface area contributed by atoms with Crippen molar-refractivity contribution in [3.05, 3.63) is 23.5 Å². The van der Waals surface area contributed by atoms with E-state index in [4.69, 9.17) is 5.11 Å². The molecule has 0 unspecified atom stereocenters. The first-order chi connectivity index (χ1) is 5.74. The minimum absolute atomic E-state index is 0.161. The van der Waals surface area contributed by atoms with E-state index in [0.29, 0.717) is 10.9 Å². The summed E-state index contributed by atoms with van der Waals surface area (Å²) >= 11 is 3.14. The Morgan fingerprint density at radius 1 is 1.75 bits per heavy atom. The minimum atomic E-state index is -0.970. The van der Waals surface area contributed by atoms with E-state index >= 15 is 0 Å². The summed E-state index contributed by atoms with van der Waals surface area (Å²) in [6.07, 6.45) is 1.57. The molecule has 0 fully saturated rings. The molecule has 1 aromatic heterocycles. The number of hydrogen-bond donors (Lipinski definition) is 2. The zero-order valence-electron chi connectivity index (χ0n) is 6.10. The van der Waals surface area contributed by atoms with Gasteiger partial charge in [0.05, 0.1) is 5.33 Å². The molecule has 0 saturated heterocycles. The Bertz CT molecular complexity index is 345. The molecule has 2 N–H and O–H groups in total. The van der Waals surface area contributed by atoms with Gasteiger partial charge >= 0.3 is 5.97 Å². The number of nitrogens with one attached hydrogen (secondary N) is 1. The highest BCUT2D eigenvalue weighted by Crippen LogP contribution is 2.01. The fourth-order valence-corrected chi connectivity index (χ4v) is 0.866. The highest BCUT2D eigenvalue weighted by Gasteiger charge is 2.03.